The summed E-state index contributed by atoms with van der Waals surface area (Å²) in [5.41, 5.74) is 1.52. The number of nitriles is 1. The van der Waals surface area contributed by atoms with Crippen LogP contribution in [0.3, 0.4) is 0 Å². The van der Waals surface area contributed by atoms with Gasteiger partial charge in [0.2, 0.25) is 0 Å². The van der Waals surface area contributed by atoms with Crippen molar-refractivity contribution in [2.45, 2.75) is 51.2 Å². The first-order chi connectivity index (χ1) is 12.5. The SMILES string of the molecule is CC(C)NC(=O)OC1CCC(c2cc(Nc3ccc(C#N)cn3)n[nH]2)C1. The molecule has 0 saturated heterocycles. The van der Waals surface area contributed by atoms with E-state index in [1.165, 1.54) is 6.20 Å². The van der Waals surface area contributed by atoms with E-state index in [2.05, 4.69) is 25.8 Å². The van der Waals surface area contributed by atoms with Crippen molar-refractivity contribution in [2.24, 2.45) is 0 Å². The van der Waals surface area contributed by atoms with Crippen LogP contribution in [-0.2, 0) is 4.74 Å². The quantitative estimate of drug-likeness (QED) is 0.759. The molecule has 1 aliphatic rings. The highest BCUT2D eigenvalue weighted by Crippen LogP contribution is 2.36. The lowest BCUT2D eigenvalue weighted by Gasteiger charge is -2.14. The molecule has 26 heavy (non-hydrogen) atoms. The standard InChI is InChI=1S/C18H22N6O2/c1-11(2)21-18(25)26-14-5-4-13(7-14)15-8-17(24-23-15)22-16-6-3-12(9-19)10-20-16/h3,6,8,10-11,13-14H,4-5,7H2,1-2H3,(H,21,25)(H2,20,22,23,24). The van der Waals surface area contributed by atoms with Gasteiger partial charge in [-0.3, -0.25) is 5.10 Å². The Morgan fingerprint density at radius 2 is 2.23 bits per heavy atom. The first-order valence-corrected chi connectivity index (χ1v) is 8.69. The van der Waals surface area contributed by atoms with Gasteiger partial charge in [0.15, 0.2) is 5.82 Å². The van der Waals surface area contributed by atoms with Gasteiger partial charge in [-0.2, -0.15) is 10.4 Å². The smallest absolute Gasteiger partial charge is 0.407 e. The Morgan fingerprint density at radius 1 is 1.38 bits per heavy atom. The molecule has 0 aliphatic heterocycles. The fourth-order valence-electron chi connectivity index (χ4n) is 3.03. The van der Waals surface area contributed by atoms with Crippen molar-refractivity contribution in [1.82, 2.24) is 20.5 Å². The van der Waals surface area contributed by atoms with Crippen LogP contribution >= 0.6 is 0 Å². The summed E-state index contributed by atoms with van der Waals surface area (Å²) in [7, 11) is 0. The fraction of sp³-hybridized carbons (Fsp3) is 0.444. The summed E-state index contributed by atoms with van der Waals surface area (Å²) in [6.45, 7) is 3.81. The highest BCUT2D eigenvalue weighted by molar-refractivity contribution is 5.67. The van der Waals surface area contributed by atoms with Crippen LogP contribution in [0.2, 0.25) is 0 Å². The third-order valence-corrected chi connectivity index (χ3v) is 4.25. The second kappa shape index (κ2) is 7.87. The van der Waals surface area contributed by atoms with Crippen LogP contribution in [0.5, 0.6) is 0 Å². The van der Waals surface area contributed by atoms with Crippen LogP contribution in [0.1, 0.15) is 50.3 Å². The van der Waals surface area contributed by atoms with E-state index < -0.39 is 0 Å². The van der Waals surface area contributed by atoms with Crippen molar-refractivity contribution in [3.8, 4) is 6.07 Å². The number of carbonyl (C=O) groups is 1. The molecule has 136 valence electrons. The summed E-state index contributed by atoms with van der Waals surface area (Å²) in [6, 6.07) is 7.48. The zero-order chi connectivity index (χ0) is 18.5. The highest BCUT2D eigenvalue weighted by Gasteiger charge is 2.30. The molecule has 1 saturated carbocycles. The van der Waals surface area contributed by atoms with Gasteiger partial charge in [0, 0.05) is 29.9 Å². The maximum Gasteiger partial charge on any atom is 0.407 e. The number of anilines is 2. The molecule has 0 bridgehead atoms. The Kier molecular flexibility index (Phi) is 5.37. The predicted octanol–water partition coefficient (Wildman–Crippen LogP) is 3.19. The Balaban J connectivity index is 1.55. The number of carbonyl (C=O) groups excluding carboxylic acids is 1. The molecule has 8 nitrogen and oxygen atoms in total. The minimum Gasteiger partial charge on any atom is -0.446 e. The molecule has 2 heterocycles. The monoisotopic (exact) mass is 354 g/mol. The summed E-state index contributed by atoms with van der Waals surface area (Å²) in [4.78, 5) is 15.9. The van der Waals surface area contributed by atoms with E-state index in [0.29, 0.717) is 17.2 Å². The minimum atomic E-state index is -0.357. The summed E-state index contributed by atoms with van der Waals surface area (Å²) >= 11 is 0. The van der Waals surface area contributed by atoms with Crippen molar-refractivity contribution in [1.29, 1.82) is 5.26 Å². The average Bonchev–Trinajstić information content (AvgIpc) is 3.24. The minimum absolute atomic E-state index is 0.0665. The number of alkyl carbamates (subject to hydrolysis) is 1. The van der Waals surface area contributed by atoms with Crippen LogP contribution in [0.4, 0.5) is 16.4 Å². The van der Waals surface area contributed by atoms with E-state index in [1.807, 2.05) is 26.0 Å². The van der Waals surface area contributed by atoms with Crippen molar-refractivity contribution in [2.75, 3.05) is 5.32 Å². The second-order valence-electron chi connectivity index (χ2n) is 6.71. The van der Waals surface area contributed by atoms with E-state index in [-0.39, 0.29) is 24.2 Å². The van der Waals surface area contributed by atoms with Gasteiger partial charge in [-0.05, 0) is 45.2 Å². The van der Waals surface area contributed by atoms with E-state index in [1.54, 1.807) is 12.1 Å². The summed E-state index contributed by atoms with van der Waals surface area (Å²) in [5.74, 6) is 1.57. The first-order valence-electron chi connectivity index (χ1n) is 8.69. The fourth-order valence-corrected chi connectivity index (χ4v) is 3.03. The lowest BCUT2D eigenvalue weighted by molar-refractivity contribution is 0.0981. The maximum atomic E-state index is 11.7. The molecular formula is C18H22N6O2. The summed E-state index contributed by atoms with van der Waals surface area (Å²) < 4.78 is 5.46. The Morgan fingerprint density at radius 3 is 2.92 bits per heavy atom. The van der Waals surface area contributed by atoms with Gasteiger partial charge in [0.1, 0.15) is 18.0 Å². The second-order valence-corrected chi connectivity index (χ2v) is 6.71. The first kappa shape index (κ1) is 17.7. The number of amides is 1. The number of pyridine rings is 1. The molecule has 2 unspecified atom stereocenters. The van der Waals surface area contributed by atoms with E-state index in [4.69, 9.17) is 10.00 Å². The van der Waals surface area contributed by atoms with Crippen LogP contribution < -0.4 is 10.6 Å². The van der Waals surface area contributed by atoms with E-state index >= 15 is 0 Å². The third kappa shape index (κ3) is 4.51. The maximum absolute atomic E-state index is 11.7. The van der Waals surface area contributed by atoms with Gasteiger partial charge in [-0.25, -0.2) is 9.78 Å². The van der Waals surface area contributed by atoms with Crippen LogP contribution in [0.25, 0.3) is 0 Å². The lowest BCUT2D eigenvalue weighted by atomic mass is 10.0. The van der Waals surface area contributed by atoms with Gasteiger partial charge in [0.25, 0.3) is 0 Å². The number of rotatable bonds is 5. The number of aromatic nitrogens is 3. The Labute approximate surface area is 152 Å². The number of ether oxygens (including phenoxy) is 1. The predicted molar refractivity (Wildman–Crippen MR) is 96.0 cm³/mol. The van der Waals surface area contributed by atoms with Crippen LogP contribution in [0, 0.1) is 11.3 Å². The van der Waals surface area contributed by atoms with Crippen molar-refractivity contribution in [3.05, 3.63) is 35.7 Å². The molecule has 1 aliphatic carbocycles. The number of hydrogen-bond acceptors (Lipinski definition) is 6. The molecule has 0 spiro atoms. The summed E-state index contributed by atoms with van der Waals surface area (Å²) in [6.07, 6.45) is 3.65. The van der Waals surface area contributed by atoms with Gasteiger partial charge in [0.05, 0.1) is 5.56 Å². The van der Waals surface area contributed by atoms with Crippen LogP contribution in [0.15, 0.2) is 24.4 Å². The van der Waals surface area contributed by atoms with Crippen LogP contribution in [-0.4, -0.2) is 33.4 Å². The van der Waals surface area contributed by atoms with Gasteiger partial charge < -0.3 is 15.4 Å². The van der Waals surface area contributed by atoms with E-state index in [0.717, 1.165) is 25.0 Å². The molecule has 1 fully saturated rings. The molecular weight excluding hydrogens is 332 g/mol. The Hall–Kier alpha value is -3.08. The molecule has 2 aromatic rings. The molecule has 2 atom stereocenters. The lowest BCUT2D eigenvalue weighted by Crippen LogP contribution is -2.33. The zero-order valence-corrected chi connectivity index (χ0v) is 14.8. The highest BCUT2D eigenvalue weighted by atomic mass is 16.6. The Bertz CT molecular complexity index is 793. The third-order valence-electron chi connectivity index (χ3n) is 4.25. The molecule has 8 heteroatoms. The van der Waals surface area contributed by atoms with Crippen molar-refractivity contribution in [3.63, 3.8) is 0 Å². The topological polar surface area (TPSA) is 116 Å². The number of nitrogens with zero attached hydrogens (tertiary/aromatic N) is 3. The van der Waals surface area contributed by atoms with E-state index in [9.17, 15) is 4.79 Å². The average molecular weight is 354 g/mol. The molecule has 3 N–H and O–H groups in total. The zero-order valence-electron chi connectivity index (χ0n) is 14.8. The molecule has 0 aromatic carbocycles. The normalized spacial score (nSPS) is 19.2. The molecule has 2 aromatic heterocycles. The van der Waals surface area contributed by atoms with Crippen molar-refractivity contribution < 1.29 is 9.53 Å². The molecule has 0 radical (unpaired) electrons. The van der Waals surface area contributed by atoms with Gasteiger partial charge in [-0.1, -0.05) is 0 Å². The molecule has 1 amide bonds. The largest absolute Gasteiger partial charge is 0.446 e. The number of H-pyrrole nitrogens is 1. The summed E-state index contributed by atoms with van der Waals surface area (Å²) in [5, 5.41) is 22.0. The number of nitrogens with one attached hydrogen (secondary N) is 3. The van der Waals surface area contributed by atoms with Gasteiger partial charge >= 0.3 is 6.09 Å². The van der Waals surface area contributed by atoms with Gasteiger partial charge in [-0.15, -0.1) is 0 Å². The van der Waals surface area contributed by atoms with Crippen molar-refractivity contribution >= 4 is 17.7 Å². The number of hydrogen-bond donors (Lipinski definition) is 3. The molecule has 3 rings (SSSR count). The number of aromatic amines is 1.